The standard InChI is InChI=1S/C15H21NO4/c1-4-20-9-13(10(2)3)16-14(17)11-7-5-6-8-12(11)15(18)19/h5-8,10,13H,4,9H2,1-3H3,(H,16,17)(H,18,19). The van der Waals surface area contributed by atoms with Gasteiger partial charge < -0.3 is 15.2 Å². The highest BCUT2D eigenvalue weighted by molar-refractivity contribution is 6.04. The first-order valence-corrected chi connectivity index (χ1v) is 6.68. The molecule has 110 valence electrons. The summed E-state index contributed by atoms with van der Waals surface area (Å²) >= 11 is 0. The molecular formula is C15H21NO4. The lowest BCUT2D eigenvalue weighted by molar-refractivity contribution is 0.0686. The molecule has 0 aliphatic heterocycles. The number of aromatic carboxylic acids is 1. The molecule has 0 saturated carbocycles. The number of rotatable bonds is 7. The molecule has 1 aromatic carbocycles. The highest BCUT2D eigenvalue weighted by Gasteiger charge is 2.20. The second kappa shape index (κ2) is 7.65. The summed E-state index contributed by atoms with van der Waals surface area (Å²) in [6, 6.07) is 6.03. The molecular weight excluding hydrogens is 258 g/mol. The third kappa shape index (κ3) is 4.35. The van der Waals surface area contributed by atoms with Gasteiger partial charge in [0.15, 0.2) is 0 Å². The van der Waals surface area contributed by atoms with Gasteiger partial charge in [0.25, 0.3) is 5.91 Å². The van der Waals surface area contributed by atoms with Gasteiger partial charge in [0.2, 0.25) is 0 Å². The number of carboxylic acids is 1. The number of carbonyl (C=O) groups excluding carboxylic acids is 1. The molecule has 5 nitrogen and oxygen atoms in total. The van der Waals surface area contributed by atoms with Gasteiger partial charge in [-0.15, -0.1) is 0 Å². The van der Waals surface area contributed by atoms with Crippen LogP contribution in [0.1, 0.15) is 41.5 Å². The van der Waals surface area contributed by atoms with Crippen LogP contribution in [0.3, 0.4) is 0 Å². The lowest BCUT2D eigenvalue weighted by Crippen LogP contribution is -2.42. The van der Waals surface area contributed by atoms with E-state index in [1.54, 1.807) is 12.1 Å². The van der Waals surface area contributed by atoms with Crippen LogP contribution in [-0.4, -0.2) is 36.2 Å². The van der Waals surface area contributed by atoms with Crippen molar-refractivity contribution in [1.82, 2.24) is 5.32 Å². The predicted octanol–water partition coefficient (Wildman–Crippen LogP) is 2.18. The molecule has 0 aromatic heterocycles. The summed E-state index contributed by atoms with van der Waals surface area (Å²) in [7, 11) is 0. The molecule has 0 aliphatic rings. The summed E-state index contributed by atoms with van der Waals surface area (Å²) in [6.45, 7) is 6.83. The number of amides is 1. The largest absolute Gasteiger partial charge is 0.478 e. The number of hydrogen-bond acceptors (Lipinski definition) is 3. The van der Waals surface area contributed by atoms with E-state index in [0.29, 0.717) is 13.2 Å². The first-order valence-electron chi connectivity index (χ1n) is 6.68. The minimum atomic E-state index is -1.11. The first-order chi connectivity index (χ1) is 9.47. The van der Waals surface area contributed by atoms with Crippen molar-refractivity contribution in [2.24, 2.45) is 5.92 Å². The lowest BCUT2D eigenvalue weighted by atomic mass is 10.0. The molecule has 1 amide bonds. The number of benzene rings is 1. The molecule has 1 atom stereocenters. The van der Waals surface area contributed by atoms with Gasteiger partial charge in [0.1, 0.15) is 0 Å². The fraction of sp³-hybridized carbons (Fsp3) is 0.467. The van der Waals surface area contributed by atoms with Crippen LogP contribution in [0.5, 0.6) is 0 Å². The summed E-state index contributed by atoms with van der Waals surface area (Å²) in [5.74, 6) is -1.30. The van der Waals surface area contributed by atoms with Crippen LogP contribution in [0.2, 0.25) is 0 Å². The average Bonchev–Trinajstić information content (AvgIpc) is 2.42. The van der Waals surface area contributed by atoms with Crippen LogP contribution in [0.25, 0.3) is 0 Å². The van der Waals surface area contributed by atoms with E-state index in [2.05, 4.69) is 5.32 Å². The summed E-state index contributed by atoms with van der Waals surface area (Å²) < 4.78 is 5.34. The van der Waals surface area contributed by atoms with E-state index >= 15 is 0 Å². The Bertz CT molecular complexity index is 471. The van der Waals surface area contributed by atoms with Gasteiger partial charge in [-0.2, -0.15) is 0 Å². The van der Waals surface area contributed by atoms with Crippen molar-refractivity contribution in [3.63, 3.8) is 0 Å². The maximum absolute atomic E-state index is 12.2. The highest BCUT2D eigenvalue weighted by Crippen LogP contribution is 2.10. The second-order valence-corrected chi connectivity index (χ2v) is 4.83. The summed E-state index contributed by atoms with van der Waals surface area (Å²) in [5, 5.41) is 11.9. The minimum Gasteiger partial charge on any atom is -0.478 e. The van der Waals surface area contributed by atoms with E-state index in [4.69, 9.17) is 9.84 Å². The van der Waals surface area contributed by atoms with Crippen LogP contribution in [-0.2, 0) is 4.74 Å². The predicted molar refractivity (Wildman–Crippen MR) is 76.0 cm³/mol. The van der Waals surface area contributed by atoms with Crippen molar-refractivity contribution in [2.75, 3.05) is 13.2 Å². The summed E-state index contributed by atoms with van der Waals surface area (Å²) in [6.07, 6.45) is 0. The Kier molecular flexibility index (Phi) is 6.18. The maximum atomic E-state index is 12.2. The van der Waals surface area contributed by atoms with Gasteiger partial charge in [-0.05, 0) is 25.0 Å². The van der Waals surface area contributed by atoms with Gasteiger partial charge in [0.05, 0.1) is 23.8 Å². The quantitative estimate of drug-likeness (QED) is 0.802. The maximum Gasteiger partial charge on any atom is 0.336 e. The number of nitrogens with one attached hydrogen (secondary N) is 1. The Morgan fingerprint density at radius 3 is 2.35 bits per heavy atom. The van der Waals surface area contributed by atoms with E-state index in [0.717, 1.165) is 0 Å². The van der Waals surface area contributed by atoms with Gasteiger partial charge >= 0.3 is 5.97 Å². The summed E-state index contributed by atoms with van der Waals surface area (Å²) in [4.78, 5) is 23.3. The Morgan fingerprint density at radius 1 is 1.25 bits per heavy atom. The number of carbonyl (C=O) groups is 2. The molecule has 1 aromatic rings. The molecule has 5 heteroatoms. The molecule has 1 unspecified atom stereocenters. The van der Waals surface area contributed by atoms with Gasteiger partial charge in [-0.25, -0.2) is 4.79 Å². The Morgan fingerprint density at radius 2 is 1.85 bits per heavy atom. The van der Waals surface area contributed by atoms with Crippen LogP contribution < -0.4 is 5.32 Å². The zero-order chi connectivity index (χ0) is 15.1. The van der Waals surface area contributed by atoms with Crippen molar-refractivity contribution in [3.8, 4) is 0 Å². The fourth-order valence-electron chi connectivity index (χ4n) is 1.76. The molecule has 0 heterocycles. The van der Waals surface area contributed by atoms with E-state index < -0.39 is 5.97 Å². The van der Waals surface area contributed by atoms with Crippen molar-refractivity contribution >= 4 is 11.9 Å². The molecule has 0 spiro atoms. The van der Waals surface area contributed by atoms with Crippen LogP contribution in [0.15, 0.2) is 24.3 Å². The molecule has 0 bridgehead atoms. The summed E-state index contributed by atoms with van der Waals surface area (Å²) in [5.41, 5.74) is 0.172. The third-order valence-corrected chi connectivity index (χ3v) is 3.02. The molecule has 0 fully saturated rings. The van der Waals surface area contributed by atoms with Crippen LogP contribution in [0, 0.1) is 5.92 Å². The highest BCUT2D eigenvalue weighted by atomic mass is 16.5. The normalized spacial score (nSPS) is 12.2. The number of carboxylic acid groups (broad SMARTS) is 1. The Hall–Kier alpha value is -1.88. The minimum absolute atomic E-state index is 0.00363. The van der Waals surface area contributed by atoms with E-state index in [1.165, 1.54) is 12.1 Å². The second-order valence-electron chi connectivity index (χ2n) is 4.83. The number of hydrogen-bond donors (Lipinski definition) is 2. The topological polar surface area (TPSA) is 75.6 Å². The lowest BCUT2D eigenvalue weighted by Gasteiger charge is -2.22. The van der Waals surface area contributed by atoms with E-state index in [-0.39, 0.29) is 29.0 Å². The molecule has 0 radical (unpaired) electrons. The average molecular weight is 279 g/mol. The number of ether oxygens (including phenoxy) is 1. The zero-order valence-corrected chi connectivity index (χ0v) is 12.1. The molecule has 2 N–H and O–H groups in total. The van der Waals surface area contributed by atoms with E-state index in [9.17, 15) is 9.59 Å². The zero-order valence-electron chi connectivity index (χ0n) is 12.1. The van der Waals surface area contributed by atoms with Gasteiger partial charge in [0, 0.05) is 6.61 Å². The third-order valence-electron chi connectivity index (χ3n) is 3.02. The van der Waals surface area contributed by atoms with Crippen molar-refractivity contribution < 1.29 is 19.4 Å². The Balaban J connectivity index is 2.86. The molecule has 0 aliphatic carbocycles. The molecule has 0 saturated heterocycles. The van der Waals surface area contributed by atoms with E-state index in [1.807, 2.05) is 20.8 Å². The molecule has 1 rings (SSSR count). The van der Waals surface area contributed by atoms with Gasteiger partial charge in [-0.1, -0.05) is 26.0 Å². The SMILES string of the molecule is CCOCC(NC(=O)c1ccccc1C(=O)O)C(C)C. The van der Waals surface area contributed by atoms with Crippen molar-refractivity contribution in [3.05, 3.63) is 35.4 Å². The monoisotopic (exact) mass is 279 g/mol. The molecule has 20 heavy (non-hydrogen) atoms. The van der Waals surface area contributed by atoms with Crippen molar-refractivity contribution in [2.45, 2.75) is 26.8 Å². The fourth-order valence-corrected chi connectivity index (χ4v) is 1.76. The smallest absolute Gasteiger partial charge is 0.336 e. The van der Waals surface area contributed by atoms with Crippen LogP contribution in [0.4, 0.5) is 0 Å². The van der Waals surface area contributed by atoms with Gasteiger partial charge in [-0.3, -0.25) is 4.79 Å². The van der Waals surface area contributed by atoms with Crippen molar-refractivity contribution in [1.29, 1.82) is 0 Å². The van der Waals surface area contributed by atoms with Crippen LogP contribution >= 0.6 is 0 Å². The first kappa shape index (κ1) is 16.2. The Labute approximate surface area is 118 Å².